The molecule has 0 N–H and O–H groups in total. The van der Waals surface area contributed by atoms with Crippen LogP contribution in [-0.4, -0.2) is 61.8 Å². The molecule has 0 aliphatic carbocycles. The summed E-state index contributed by atoms with van der Waals surface area (Å²) in [6, 6.07) is 16.9. The number of aryl methyl sites for hydroxylation is 1. The van der Waals surface area contributed by atoms with Crippen LogP contribution in [0.4, 0.5) is 8.78 Å². The molecule has 1 aliphatic heterocycles. The summed E-state index contributed by atoms with van der Waals surface area (Å²) in [6.45, 7) is 11.9. The standard InChI is InChI=1S/C30H38F2N2O/c1-3-8-27(13-12-25(2)31)30(28-14-16-29(32)17-15-28)35-24-23-34-21-19-33(20-22-34)18-7-11-26-9-5-4-6-10-26/h3-6,8-10,12-17,25,30H,1,7,11,18-24H2,2H3/b13-12-,27-8+. The number of halogens is 2. The smallest absolute Gasteiger partial charge is 0.123 e. The summed E-state index contributed by atoms with van der Waals surface area (Å²) in [5.41, 5.74) is 3.03. The molecule has 0 aromatic heterocycles. The Labute approximate surface area is 209 Å². The van der Waals surface area contributed by atoms with Crippen molar-refractivity contribution in [3.05, 3.63) is 108 Å². The summed E-state index contributed by atoms with van der Waals surface area (Å²) in [4.78, 5) is 4.96. The van der Waals surface area contributed by atoms with Gasteiger partial charge in [0.15, 0.2) is 0 Å². The zero-order valence-corrected chi connectivity index (χ0v) is 20.8. The second-order valence-corrected chi connectivity index (χ2v) is 9.01. The Morgan fingerprint density at radius 1 is 1.00 bits per heavy atom. The van der Waals surface area contributed by atoms with E-state index in [0.717, 1.165) is 56.8 Å². The molecule has 2 unspecified atom stereocenters. The number of nitrogens with zero attached hydrogens (tertiary/aromatic N) is 2. The third-order valence-electron chi connectivity index (χ3n) is 6.28. The van der Waals surface area contributed by atoms with Crippen LogP contribution in [0, 0.1) is 5.82 Å². The monoisotopic (exact) mass is 480 g/mol. The van der Waals surface area contributed by atoms with Gasteiger partial charge in [0.1, 0.15) is 18.1 Å². The summed E-state index contributed by atoms with van der Waals surface area (Å²) < 4.78 is 33.3. The molecule has 0 bridgehead atoms. The van der Waals surface area contributed by atoms with E-state index in [2.05, 4.69) is 46.7 Å². The van der Waals surface area contributed by atoms with Crippen molar-refractivity contribution in [2.75, 3.05) is 45.9 Å². The predicted molar refractivity (Wildman–Crippen MR) is 141 cm³/mol. The highest BCUT2D eigenvalue weighted by Gasteiger charge is 2.19. The van der Waals surface area contributed by atoms with Crippen molar-refractivity contribution in [2.45, 2.75) is 32.0 Å². The van der Waals surface area contributed by atoms with Crippen LogP contribution in [0.3, 0.4) is 0 Å². The van der Waals surface area contributed by atoms with Crippen LogP contribution in [0.25, 0.3) is 0 Å². The summed E-state index contributed by atoms with van der Waals surface area (Å²) in [5, 5.41) is 0. The van der Waals surface area contributed by atoms with E-state index < -0.39 is 12.3 Å². The summed E-state index contributed by atoms with van der Waals surface area (Å²) in [6.07, 6.45) is 7.52. The van der Waals surface area contributed by atoms with E-state index in [9.17, 15) is 8.78 Å². The highest BCUT2D eigenvalue weighted by Crippen LogP contribution is 2.28. The lowest BCUT2D eigenvalue weighted by molar-refractivity contribution is 0.0448. The number of rotatable bonds is 13. The Morgan fingerprint density at radius 2 is 1.66 bits per heavy atom. The van der Waals surface area contributed by atoms with Crippen LogP contribution in [0.1, 0.15) is 30.6 Å². The number of hydrogen-bond acceptors (Lipinski definition) is 3. The Kier molecular flexibility index (Phi) is 11.4. The summed E-state index contributed by atoms with van der Waals surface area (Å²) >= 11 is 0. The average Bonchev–Trinajstić information content (AvgIpc) is 2.87. The molecule has 1 aliphatic rings. The van der Waals surface area contributed by atoms with E-state index >= 15 is 0 Å². The van der Waals surface area contributed by atoms with Gasteiger partial charge in [-0.1, -0.05) is 73.3 Å². The fraction of sp³-hybridized carbons (Fsp3) is 0.400. The van der Waals surface area contributed by atoms with Gasteiger partial charge in [-0.15, -0.1) is 0 Å². The molecular formula is C30H38F2N2O. The maximum Gasteiger partial charge on any atom is 0.123 e. The van der Waals surface area contributed by atoms with Crippen LogP contribution in [0.15, 0.2) is 91.1 Å². The van der Waals surface area contributed by atoms with Gasteiger partial charge in [0.25, 0.3) is 0 Å². The van der Waals surface area contributed by atoms with Crippen molar-refractivity contribution >= 4 is 0 Å². The maximum atomic E-state index is 13.5. The molecule has 3 nitrogen and oxygen atoms in total. The lowest BCUT2D eigenvalue weighted by atomic mass is 10.00. The Morgan fingerprint density at radius 3 is 2.29 bits per heavy atom. The Hall–Kier alpha value is -2.60. The molecule has 1 heterocycles. The van der Waals surface area contributed by atoms with E-state index in [0.29, 0.717) is 6.61 Å². The second-order valence-electron chi connectivity index (χ2n) is 9.01. The van der Waals surface area contributed by atoms with Crippen molar-refractivity contribution in [3.63, 3.8) is 0 Å². The molecule has 1 saturated heterocycles. The van der Waals surface area contributed by atoms with E-state index in [1.54, 1.807) is 24.3 Å². The molecule has 2 aromatic rings. The van der Waals surface area contributed by atoms with Crippen LogP contribution in [-0.2, 0) is 11.2 Å². The predicted octanol–water partition coefficient (Wildman–Crippen LogP) is 6.16. The molecule has 35 heavy (non-hydrogen) atoms. The minimum atomic E-state index is -1.07. The lowest BCUT2D eigenvalue weighted by Gasteiger charge is -2.35. The van der Waals surface area contributed by atoms with Gasteiger partial charge < -0.3 is 9.64 Å². The number of piperazine rings is 1. The molecule has 188 valence electrons. The van der Waals surface area contributed by atoms with Gasteiger partial charge in [-0.3, -0.25) is 4.90 Å². The van der Waals surface area contributed by atoms with Gasteiger partial charge in [-0.05, 0) is 55.1 Å². The van der Waals surface area contributed by atoms with Crippen LogP contribution in [0.5, 0.6) is 0 Å². The van der Waals surface area contributed by atoms with E-state index in [1.807, 2.05) is 6.08 Å². The lowest BCUT2D eigenvalue weighted by Crippen LogP contribution is -2.47. The number of alkyl halides is 1. The summed E-state index contributed by atoms with van der Waals surface area (Å²) in [7, 11) is 0. The first kappa shape index (κ1) is 27.0. The van der Waals surface area contributed by atoms with E-state index in [4.69, 9.17) is 4.74 Å². The van der Waals surface area contributed by atoms with Gasteiger partial charge >= 0.3 is 0 Å². The number of hydrogen-bond donors (Lipinski definition) is 0. The van der Waals surface area contributed by atoms with Gasteiger partial charge in [0.2, 0.25) is 0 Å². The molecule has 1 fully saturated rings. The number of benzene rings is 2. The second kappa shape index (κ2) is 14.7. The molecule has 0 saturated carbocycles. The van der Waals surface area contributed by atoms with Crippen LogP contribution >= 0.6 is 0 Å². The Bertz CT molecular complexity index is 933. The van der Waals surface area contributed by atoms with Crippen molar-refractivity contribution in [3.8, 4) is 0 Å². The number of allylic oxidation sites excluding steroid dienone is 3. The Balaban J connectivity index is 1.48. The zero-order valence-electron chi connectivity index (χ0n) is 20.8. The highest BCUT2D eigenvalue weighted by atomic mass is 19.1. The van der Waals surface area contributed by atoms with Crippen molar-refractivity contribution in [1.29, 1.82) is 0 Å². The van der Waals surface area contributed by atoms with Crippen molar-refractivity contribution in [1.82, 2.24) is 9.80 Å². The fourth-order valence-electron chi connectivity index (χ4n) is 4.32. The van der Waals surface area contributed by atoms with Crippen molar-refractivity contribution < 1.29 is 13.5 Å². The third-order valence-corrected chi connectivity index (χ3v) is 6.28. The largest absolute Gasteiger partial charge is 0.367 e. The van der Waals surface area contributed by atoms with Gasteiger partial charge in [0, 0.05) is 32.7 Å². The fourth-order valence-corrected chi connectivity index (χ4v) is 4.32. The van der Waals surface area contributed by atoms with E-state index in [1.165, 1.54) is 37.1 Å². The topological polar surface area (TPSA) is 15.7 Å². The van der Waals surface area contributed by atoms with Crippen LogP contribution < -0.4 is 0 Å². The third kappa shape index (κ3) is 9.52. The summed E-state index contributed by atoms with van der Waals surface area (Å²) in [5.74, 6) is -0.295. The van der Waals surface area contributed by atoms with Gasteiger partial charge in [-0.25, -0.2) is 8.78 Å². The molecule has 2 atom stereocenters. The average molecular weight is 481 g/mol. The van der Waals surface area contributed by atoms with Crippen LogP contribution in [0.2, 0.25) is 0 Å². The van der Waals surface area contributed by atoms with Crippen molar-refractivity contribution in [2.24, 2.45) is 0 Å². The highest BCUT2D eigenvalue weighted by molar-refractivity contribution is 5.35. The quantitative estimate of drug-likeness (QED) is 0.319. The van der Waals surface area contributed by atoms with Gasteiger partial charge in [0.05, 0.1) is 6.61 Å². The zero-order chi connectivity index (χ0) is 24.9. The molecule has 0 amide bonds. The first-order valence-corrected chi connectivity index (χ1v) is 12.6. The molecule has 5 heteroatoms. The molecule has 3 rings (SSSR count). The first-order chi connectivity index (χ1) is 17.0. The number of ether oxygens (including phenoxy) is 1. The molecule has 0 spiro atoms. The van der Waals surface area contributed by atoms with Gasteiger partial charge in [-0.2, -0.15) is 0 Å². The molecule has 2 aromatic carbocycles. The first-order valence-electron chi connectivity index (χ1n) is 12.6. The minimum Gasteiger partial charge on any atom is -0.367 e. The van der Waals surface area contributed by atoms with E-state index in [-0.39, 0.29) is 5.82 Å². The normalized spacial score (nSPS) is 17.5. The minimum absolute atomic E-state index is 0.295. The molecular weight excluding hydrogens is 442 g/mol. The maximum absolute atomic E-state index is 13.5. The molecule has 0 radical (unpaired) electrons. The SMILES string of the molecule is C=C/C=C(\C=C/C(C)F)C(OCCN1CCN(CCCc2ccccc2)CC1)c1ccc(F)cc1.